The minimum absolute atomic E-state index is 1.07. The number of hydrogen-bond donors (Lipinski definition) is 1. The SMILES string of the molecule is c1cncc(-c2cc(-c3cccc4cc[nH]c34)cn3cncc23)c1. The van der Waals surface area contributed by atoms with Crippen LogP contribution in [-0.2, 0) is 0 Å². The number of imidazole rings is 1. The van der Waals surface area contributed by atoms with Gasteiger partial charge in [-0.3, -0.25) is 4.98 Å². The Bertz CT molecular complexity index is 1150. The number of H-pyrrole nitrogens is 1. The smallest absolute Gasteiger partial charge is 0.0992 e. The van der Waals surface area contributed by atoms with Gasteiger partial charge in [-0.25, -0.2) is 4.98 Å². The second kappa shape index (κ2) is 5.06. The molecule has 0 unspecified atom stereocenters. The van der Waals surface area contributed by atoms with Gasteiger partial charge in [-0.05, 0) is 23.6 Å². The molecule has 0 radical (unpaired) electrons. The van der Waals surface area contributed by atoms with E-state index in [0.717, 1.165) is 27.7 Å². The van der Waals surface area contributed by atoms with Crippen molar-refractivity contribution in [1.29, 1.82) is 0 Å². The number of fused-ring (bicyclic) bond motifs is 2. The third kappa shape index (κ3) is 1.93. The topological polar surface area (TPSA) is 46.0 Å². The quantitative estimate of drug-likeness (QED) is 0.520. The van der Waals surface area contributed by atoms with E-state index < -0.39 is 0 Å². The second-order valence-corrected chi connectivity index (χ2v) is 5.82. The van der Waals surface area contributed by atoms with Gasteiger partial charge in [0.05, 0.1) is 23.6 Å². The van der Waals surface area contributed by atoms with E-state index in [-0.39, 0.29) is 0 Å². The van der Waals surface area contributed by atoms with E-state index in [1.165, 1.54) is 10.9 Å². The summed E-state index contributed by atoms with van der Waals surface area (Å²) < 4.78 is 2.07. The lowest BCUT2D eigenvalue weighted by Crippen LogP contribution is -1.91. The van der Waals surface area contributed by atoms with Crippen LogP contribution in [0.1, 0.15) is 0 Å². The van der Waals surface area contributed by atoms with Crippen LogP contribution in [0.5, 0.6) is 0 Å². The molecule has 4 heteroatoms. The van der Waals surface area contributed by atoms with E-state index in [4.69, 9.17) is 0 Å². The number of rotatable bonds is 2. The first-order chi connectivity index (χ1) is 11.9. The molecule has 5 rings (SSSR count). The van der Waals surface area contributed by atoms with Crippen molar-refractivity contribution in [2.24, 2.45) is 0 Å². The van der Waals surface area contributed by atoms with Crippen molar-refractivity contribution in [3.05, 3.63) is 79.8 Å². The van der Waals surface area contributed by atoms with Gasteiger partial charge in [-0.2, -0.15) is 0 Å². The van der Waals surface area contributed by atoms with Gasteiger partial charge in [0, 0.05) is 47.0 Å². The summed E-state index contributed by atoms with van der Waals surface area (Å²) in [6.07, 6.45) is 11.5. The zero-order chi connectivity index (χ0) is 15.9. The average molecular weight is 310 g/mol. The molecule has 0 spiro atoms. The third-order valence-electron chi connectivity index (χ3n) is 4.39. The normalized spacial score (nSPS) is 11.3. The largest absolute Gasteiger partial charge is 0.361 e. The molecular weight excluding hydrogens is 296 g/mol. The Hall–Kier alpha value is -3.40. The maximum atomic E-state index is 4.31. The Morgan fingerprint density at radius 3 is 2.79 bits per heavy atom. The lowest BCUT2D eigenvalue weighted by molar-refractivity contribution is 1.16. The van der Waals surface area contributed by atoms with Gasteiger partial charge in [0.2, 0.25) is 0 Å². The van der Waals surface area contributed by atoms with Gasteiger partial charge < -0.3 is 9.38 Å². The molecular formula is C20H14N4. The predicted octanol–water partition coefficient (Wildman–Crippen LogP) is 4.54. The van der Waals surface area contributed by atoms with Crippen molar-refractivity contribution < 1.29 is 0 Å². The molecule has 0 saturated carbocycles. The van der Waals surface area contributed by atoms with Crippen LogP contribution in [0.2, 0.25) is 0 Å². The molecule has 4 aromatic heterocycles. The summed E-state index contributed by atoms with van der Waals surface area (Å²) in [6, 6.07) is 14.7. The Labute approximate surface area is 138 Å². The summed E-state index contributed by atoms with van der Waals surface area (Å²) >= 11 is 0. The van der Waals surface area contributed by atoms with E-state index in [0.29, 0.717) is 0 Å². The fourth-order valence-electron chi connectivity index (χ4n) is 3.26. The van der Waals surface area contributed by atoms with Crippen LogP contribution < -0.4 is 0 Å². The summed E-state index contributed by atoms with van der Waals surface area (Å²) in [5, 5.41) is 1.21. The van der Waals surface area contributed by atoms with Crippen LogP contribution in [0.25, 0.3) is 38.7 Å². The third-order valence-corrected chi connectivity index (χ3v) is 4.39. The first-order valence-corrected chi connectivity index (χ1v) is 7.83. The minimum atomic E-state index is 1.07. The summed E-state index contributed by atoms with van der Waals surface area (Å²) in [6.45, 7) is 0. The number of para-hydroxylation sites is 1. The van der Waals surface area contributed by atoms with Gasteiger partial charge >= 0.3 is 0 Å². The Kier molecular flexibility index (Phi) is 2.76. The maximum Gasteiger partial charge on any atom is 0.0992 e. The second-order valence-electron chi connectivity index (χ2n) is 5.82. The van der Waals surface area contributed by atoms with Gasteiger partial charge in [0.1, 0.15) is 0 Å². The van der Waals surface area contributed by atoms with Crippen LogP contribution in [0.3, 0.4) is 0 Å². The molecule has 0 bridgehead atoms. The standard InChI is InChI=1S/C20H14N4/c1-3-14-6-8-23-20(14)17(5-1)16-9-18(15-4-2-7-21-10-15)19-11-22-13-24(19)12-16/h1-13,23H. The lowest BCUT2D eigenvalue weighted by atomic mass is 10.00. The highest BCUT2D eigenvalue weighted by atomic mass is 15.0. The van der Waals surface area contributed by atoms with Crippen molar-refractivity contribution in [3.8, 4) is 22.3 Å². The molecule has 1 N–H and O–H groups in total. The number of nitrogens with zero attached hydrogens (tertiary/aromatic N) is 3. The fraction of sp³-hybridized carbons (Fsp3) is 0. The fourth-order valence-corrected chi connectivity index (χ4v) is 3.26. The van der Waals surface area contributed by atoms with Crippen LogP contribution in [0.4, 0.5) is 0 Å². The van der Waals surface area contributed by atoms with Crippen LogP contribution in [-0.4, -0.2) is 19.4 Å². The van der Waals surface area contributed by atoms with Crippen molar-refractivity contribution in [3.63, 3.8) is 0 Å². The predicted molar refractivity (Wildman–Crippen MR) is 95.7 cm³/mol. The van der Waals surface area contributed by atoms with E-state index in [1.54, 1.807) is 6.20 Å². The van der Waals surface area contributed by atoms with E-state index in [2.05, 4.69) is 61.9 Å². The van der Waals surface area contributed by atoms with E-state index in [9.17, 15) is 0 Å². The number of aromatic amines is 1. The van der Waals surface area contributed by atoms with Crippen molar-refractivity contribution in [2.75, 3.05) is 0 Å². The van der Waals surface area contributed by atoms with Gasteiger partial charge in [0.25, 0.3) is 0 Å². The lowest BCUT2D eigenvalue weighted by Gasteiger charge is -2.10. The van der Waals surface area contributed by atoms with Crippen LogP contribution in [0, 0.1) is 0 Å². The van der Waals surface area contributed by atoms with Gasteiger partial charge in [0.15, 0.2) is 0 Å². The number of benzene rings is 1. The summed E-state index contributed by atoms with van der Waals surface area (Å²) in [4.78, 5) is 11.9. The zero-order valence-corrected chi connectivity index (χ0v) is 12.8. The van der Waals surface area contributed by atoms with Crippen LogP contribution >= 0.6 is 0 Å². The van der Waals surface area contributed by atoms with Gasteiger partial charge in [-0.15, -0.1) is 0 Å². The van der Waals surface area contributed by atoms with E-state index >= 15 is 0 Å². The molecule has 0 atom stereocenters. The summed E-state index contributed by atoms with van der Waals surface area (Å²) in [5.74, 6) is 0. The minimum Gasteiger partial charge on any atom is -0.361 e. The molecule has 0 saturated heterocycles. The number of pyridine rings is 2. The Morgan fingerprint density at radius 1 is 0.875 bits per heavy atom. The monoisotopic (exact) mass is 310 g/mol. The highest BCUT2D eigenvalue weighted by Crippen LogP contribution is 2.32. The van der Waals surface area contributed by atoms with Crippen molar-refractivity contribution in [1.82, 2.24) is 19.4 Å². The average Bonchev–Trinajstić information content (AvgIpc) is 3.30. The molecule has 4 heterocycles. The summed E-state index contributed by atoms with van der Waals surface area (Å²) in [7, 11) is 0. The zero-order valence-electron chi connectivity index (χ0n) is 12.8. The number of hydrogen-bond acceptors (Lipinski definition) is 2. The maximum absolute atomic E-state index is 4.31. The molecule has 114 valence electrons. The molecule has 4 nitrogen and oxygen atoms in total. The summed E-state index contributed by atoms with van der Waals surface area (Å²) in [5.41, 5.74) is 6.76. The first-order valence-electron chi connectivity index (χ1n) is 7.83. The van der Waals surface area contributed by atoms with Crippen molar-refractivity contribution >= 4 is 16.4 Å². The number of nitrogens with one attached hydrogen (secondary N) is 1. The molecule has 0 aliphatic rings. The molecule has 5 aromatic rings. The number of aromatic nitrogens is 4. The van der Waals surface area contributed by atoms with Crippen molar-refractivity contribution in [2.45, 2.75) is 0 Å². The molecule has 0 aliphatic heterocycles. The highest BCUT2D eigenvalue weighted by Gasteiger charge is 2.11. The van der Waals surface area contributed by atoms with E-state index in [1.807, 2.05) is 31.0 Å². The van der Waals surface area contributed by atoms with Crippen LogP contribution in [0.15, 0.2) is 79.8 Å². The Morgan fingerprint density at radius 2 is 1.88 bits per heavy atom. The first kappa shape index (κ1) is 13.1. The highest BCUT2D eigenvalue weighted by molar-refractivity contribution is 5.95. The molecule has 0 aliphatic carbocycles. The molecule has 0 fully saturated rings. The molecule has 1 aromatic carbocycles. The molecule has 24 heavy (non-hydrogen) atoms. The van der Waals surface area contributed by atoms with Gasteiger partial charge in [-0.1, -0.05) is 24.3 Å². The molecule has 0 amide bonds. The Balaban J connectivity index is 1.83.